The molecule has 1 heterocycles. The van der Waals surface area contributed by atoms with E-state index in [0.717, 1.165) is 12.8 Å². The molecule has 1 aromatic rings. The molecule has 5 nitrogen and oxygen atoms in total. The van der Waals surface area contributed by atoms with E-state index in [1.54, 1.807) is 43.1 Å². The molecule has 0 spiro atoms. The third-order valence-corrected chi connectivity index (χ3v) is 4.75. The summed E-state index contributed by atoms with van der Waals surface area (Å²) in [5, 5.41) is 9.82. The molecule has 1 atom stereocenters. The molecule has 1 aliphatic heterocycles. The van der Waals surface area contributed by atoms with Crippen molar-refractivity contribution in [2.75, 3.05) is 47.5 Å². The lowest BCUT2D eigenvalue weighted by Crippen LogP contribution is -2.47. The Kier molecular flexibility index (Phi) is 6.32. The number of ether oxygens (including phenoxy) is 1. The molecule has 1 aliphatic rings. The zero-order valence-corrected chi connectivity index (χ0v) is 14.7. The van der Waals surface area contributed by atoms with Gasteiger partial charge in [0.15, 0.2) is 0 Å². The molecule has 1 amide bonds. The maximum atomic E-state index is 13.6. The lowest BCUT2D eigenvalue weighted by atomic mass is 9.80. The molecule has 24 heavy (non-hydrogen) atoms. The third kappa shape index (κ3) is 4.32. The maximum absolute atomic E-state index is 13.6. The highest BCUT2D eigenvalue weighted by atomic mass is 19.1. The van der Waals surface area contributed by atoms with Gasteiger partial charge in [-0.3, -0.25) is 9.69 Å². The second-order valence-corrected chi connectivity index (χ2v) is 6.89. The Morgan fingerprint density at radius 3 is 2.54 bits per heavy atom. The first-order chi connectivity index (χ1) is 11.4. The van der Waals surface area contributed by atoms with Crippen LogP contribution in [0.1, 0.15) is 24.4 Å². The summed E-state index contributed by atoms with van der Waals surface area (Å²) >= 11 is 0. The molecule has 0 radical (unpaired) electrons. The van der Waals surface area contributed by atoms with Crippen LogP contribution in [-0.4, -0.2) is 68.3 Å². The van der Waals surface area contributed by atoms with E-state index in [-0.39, 0.29) is 23.7 Å². The number of likely N-dealkylation sites (N-methyl/N-ethyl adjacent to an activating group) is 2. The van der Waals surface area contributed by atoms with Crippen molar-refractivity contribution in [1.29, 1.82) is 0 Å². The summed E-state index contributed by atoms with van der Waals surface area (Å²) < 4.78 is 18.9. The summed E-state index contributed by atoms with van der Waals surface area (Å²) in [6.07, 6.45) is 1.46. The van der Waals surface area contributed by atoms with Gasteiger partial charge in [0.05, 0.1) is 6.61 Å². The molecule has 0 aliphatic carbocycles. The van der Waals surface area contributed by atoms with Crippen LogP contribution in [0.4, 0.5) is 4.39 Å². The number of nitrogens with zero attached hydrogens (tertiary/aromatic N) is 2. The first-order valence-corrected chi connectivity index (χ1v) is 8.24. The molecule has 0 unspecified atom stereocenters. The van der Waals surface area contributed by atoms with Crippen LogP contribution in [0.15, 0.2) is 24.3 Å². The van der Waals surface area contributed by atoms with Crippen molar-refractivity contribution in [1.82, 2.24) is 9.80 Å². The Bertz CT molecular complexity index is 559. The first-order valence-electron chi connectivity index (χ1n) is 8.24. The van der Waals surface area contributed by atoms with Gasteiger partial charge in [-0.25, -0.2) is 4.39 Å². The highest BCUT2D eigenvalue weighted by Crippen LogP contribution is 2.32. The van der Waals surface area contributed by atoms with E-state index in [0.29, 0.717) is 25.3 Å². The number of hydrogen-bond donors (Lipinski definition) is 1. The normalized spacial score (nSPS) is 18.4. The van der Waals surface area contributed by atoms with Crippen LogP contribution in [-0.2, 0) is 9.53 Å². The van der Waals surface area contributed by atoms with Crippen molar-refractivity contribution in [3.63, 3.8) is 0 Å². The average Bonchev–Trinajstić information content (AvgIpc) is 2.55. The van der Waals surface area contributed by atoms with Gasteiger partial charge < -0.3 is 14.7 Å². The number of aliphatic hydroxyl groups is 1. The van der Waals surface area contributed by atoms with Gasteiger partial charge in [0.25, 0.3) is 0 Å². The second-order valence-electron chi connectivity index (χ2n) is 6.89. The van der Waals surface area contributed by atoms with E-state index >= 15 is 0 Å². The fraction of sp³-hybridized carbons (Fsp3) is 0.611. The predicted octanol–water partition coefficient (Wildman–Crippen LogP) is 1.68. The van der Waals surface area contributed by atoms with Crippen molar-refractivity contribution in [3.8, 4) is 0 Å². The van der Waals surface area contributed by atoms with Gasteiger partial charge in [-0.1, -0.05) is 12.1 Å². The number of rotatable bonds is 6. The van der Waals surface area contributed by atoms with Crippen LogP contribution in [0.5, 0.6) is 0 Å². The van der Waals surface area contributed by atoms with Gasteiger partial charge in [0.1, 0.15) is 11.9 Å². The molecule has 134 valence electrons. The van der Waals surface area contributed by atoms with Crippen molar-refractivity contribution in [3.05, 3.63) is 35.6 Å². The summed E-state index contributed by atoms with van der Waals surface area (Å²) in [6, 6.07) is 5.58. The van der Waals surface area contributed by atoms with Crippen molar-refractivity contribution in [2.24, 2.45) is 5.41 Å². The predicted molar refractivity (Wildman–Crippen MR) is 90.0 cm³/mol. The Morgan fingerprint density at radius 2 is 2.00 bits per heavy atom. The molecule has 1 saturated heterocycles. The molecule has 0 saturated carbocycles. The Labute approximate surface area is 143 Å². The summed E-state index contributed by atoms with van der Waals surface area (Å²) in [5.41, 5.74) is 0.309. The van der Waals surface area contributed by atoms with Crippen LogP contribution < -0.4 is 0 Å². The van der Waals surface area contributed by atoms with Gasteiger partial charge in [-0.05, 0) is 44.6 Å². The Hall–Kier alpha value is -1.50. The fourth-order valence-electron chi connectivity index (χ4n) is 3.30. The summed E-state index contributed by atoms with van der Waals surface area (Å²) in [4.78, 5) is 16.4. The molecule has 1 aromatic carbocycles. The summed E-state index contributed by atoms with van der Waals surface area (Å²) in [6.45, 7) is 1.69. The van der Waals surface area contributed by atoms with Crippen LogP contribution in [0.3, 0.4) is 0 Å². The van der Waals surface area contributed by atoms with Gasteiger partial charge in [-0.15, -0.1) is 0 Å². The van der Waals surface area contributed by atoms with Crippen LogP contribution in [0.2, 0.25) is 0 Å². The minimum absolute atomic E-state index is 0.0283. The van der Waals surface area contributed by atoms with Crippen LogP contribution in [0, 0.1) is 11.2 Å². The first kappa shape index (κ1) is 18.8. The van der Waals surface area contributed by atoms with E-state index in [2.05, 4.69) is 0 Å². The van der Waals surface area contributed by atoms with E-state index in [9.17, 15) is 14.3 Å². The Morgan fingerprint density at radius 1 is 1.33 bits per heavy atom. The molecular weight excluding hydrogens is 311 g/mol. The maximum Gasteiger partial charge on any atom is 0.244 e. The number of aliphatic hydroxyl groups excluding tert-OH is 1. The minimum atomic E-state index is -0.554. The summed E-state index contributed by atoms with van der Waals surface area (Å²) in [5.74, 6) is -0.462. The standard InChI is InChI=1S/C18H27FN2O3/c1-20(2)16(14-5-4-6-15(19)11-14)17(23)21(3)12-18(13-22)7-9-24-10-8-18/h4-6,11,16,22H,7-10,12-13H2,1-3H3/t16-/m1/s1. The topological polar surface area (TPSA) is 53.0 Å². The minimum Gasteiger partial charge on any atom is -0.396 e. The highest BCUT2D eigenvalue weighted by Gasteiger charge is 2.36. The molecule has 1 fully saturated rings. The van der Waals surface area contributed by atoms with E-state index in [1.807, 2.05) is 0 Å². The SMILES string of the molecule is CN(CC1(CO)CCOCC1)C(=O)[C@@H](c1cccc(F)c1)N(C)C. The highest BCUT2D eigenvalue weighted by molar-refractivity contribution is 5.83. The zero-order valence-electron chi connectivity index (χ0n) is 14.7. The molecule has 1 N–H and O–H groups in total. The largest absolute Gasteiger partial charge is 0.396 e. The zero-order chi connectivity index (χ0) is 17.7. The number of halogens is 1. The van der Waals surface area contributed by atoms with Gasteiger partial charge >= 0.3 is 0 Å². The van der Waals surface area contributed by atoms with Gasteiger partial charge in [0, 0.05) is 32.2 Å². The average molecular weight is 338 g/mol. The summed E-state index contributed by atoms with van der Waals surface area (Å²) in [7, 11) is 5.35. The number of carbonyl (C=O) groups excluding carboxylic acids is 1. The smallest absolute Gasteiger partial charge is 0.244 e. The van der Waals surface area contributed by atoms with Crippen molar-refractivity contribution < 1.29 is 19.0 Å². The van der Waals surface area contributed by atoms with E-state index in [4.69, 9.17) is 4.74 Å². The lowest BCUT2D eigenvalue weighted by Gasteiger charge is -2.39. The third-order valence-electron chi connectivity index (χ3n) is 4.75. The molecular formula is C18H27FN2O3. The number of hydrogen-bond acceptors (Lipinski definition) is 4. The molecule has 0 aromatic heterocycles. The second kappa shape index (κ2) is 8.05. The lowest BCUT2D eigenvalue weighted by molar-refractivity contribution is -0.138. The van der Waals surface area contributed by atoms with E-state index in [1.165, 1.54) is 12.1 Å². The quantitative estimate of drug-likeness (QED) is 0.857. The van der Waals surface area contributed by atoms with Crippen LogP contribution >= 0.6 is 0 Å². The van der Waals surface area contributed by atoms with Gasteiger partial charge in [0.2, 0.25) is 5.91 Å². The fourth-order valence-corrected chi connectivity index (χ4v) is 3.30. The van der Waals surface area contributed by atoms with Crippen molar-refractivity contribution >= 4 is 5.91 Å². The number of amides is 1. The van der Waals surface area contributed by atoms with Crippen LogP contribution in [0.25, 0.3) is 0 Å². The monoisotopic (exact) mass is 338 g/mol. The van der Waals surface area contributed by atoms with Crippen molar-refractivity contribution in [2.45, 2.75) is 18.9 Å². The molecule has 0 bridgehead atoms. The number of benzene rings is 1. The van der Waals surface area contributed by atoms with Gasteiger partial charge in [-0.2, -0.15) is 0 Å². The van der Waals surface area contributed by atoms with E-state index < -0.39 is 6.04 Å². The number of carbonyl (C=O) groups is 1. The molecule has 6 heteroatoms. The molecule has 2 rings (SSSR count). The Balaban J connectivity index is 2.17.